The Morgan fingerprint density at radius 3 is 2.22 bits per heavy atom. The van der Waals surface area contributed by atoms with Crippen molar-refractivity contribution in [3.05, 3.63) is 72.3 Å². The molecule has 0 fully saturated rings. The van der Waals surface area contributed by atoms with Crippen molar-refractivity contribution in [3.63, 3.8) is 0 Å². The number of benzene rings is 3. The van der Waals surface area contributed by atoms with Gasteiger partial charge in [-0.1, -0.05) is 30.3 Å². The molecule has 3 rings (SSSR count). The summed E-state index contributed by atoms with van der Waals surface area (Å²) in [7, 11) is 0. The third-order valence-corrected chi connectivity index (χ3v) is 3.93. The molecular weight excluding hydrogens is 344 g/mol. The van der Waals surface area contributed by atoms with E-state index in [-0.39, 0.29) is 19.0 Å². The summed E-state index contributed by atoms with van der Waals surface area (Å²) in [6.45, 7) is 1.86. The molecule has 0 heterocycles. The van der Waals surface area contributed by atoms with E-state index in [4.69, 9.17) is 14.2 Å². The molecular formula is C22H20O5. The molecule has 0 aliphatic carbocycles. The van der Waals surface area contributed by atoms with Crippen molar-refractivity contribution in [1.82, 2.24) is 0 Å². The first-order valence-corrected chi connectivity index (χ1v) is 8.69. The zero-order valence-corrected chi connectivity index (χ0v) is 15.0. The van der Waals surface area contributed by atoms with E-state index in [0.29, 0.717) is 23.7 Å². The van der Waals surface area contributed by atoms with Gasteiger partial charge in [0.15, 0.2) is 19.0 Å². The summed E-state index contributed by atoms with van der Waals surface area (Å²) in [6, 6.07) is 20.1. The second kappa shape index (κ2) is 8.85. The van der Waals surface area contributed by atoms with Gasteiger partial charge in [-0.3, -0.25) is 4.79 Å². The summed E-state index contributed by atoms with van der Waals surface area (Å²) in [6.07, 6.45) is 0. The number of hydrogen-bond donors (Lipinski definition) is 0. The lowest BCUT2D eigenvalue weighted by Crippen LogP contribution is -2.19. The second-order valence-electron chi connectivity index (χ2n) is 5.84. The number of ketones is 1. The summed E-state index contributed by atoms with van der Waals surface area (Å²) < 4.78 is 15.8. The van der Waals surface area contributed by atoms with E-state index in [1.807, 2.05) is 43.3 Å². The Labute approximate surface area is 157 Å². The molecule has 0 aliphatic rings. The average molecular weight is 364 g/mol. The maximum atomic E-state index is 12.1. The van der Waals surface area contributed by atoms with E-state index < -0.39 is 5.97 Å². The minimum absolute atomic E-state index is 0.255. The highest BCUT2D eigenvalue weighted by atomic mass is 16.6. The number of Topliss-reactive ketones (excluding diaryl/α,β-unsaturated/α-hetero) is 1. The van der Waals surface area contributed by atoms with Gasteiger partial charge < -0.3 is 14.2 Å². The molecule has 27 heavy (non-hydrogen) atoms. The van der Waals surface area contributed by atoms with Crippen LogP contribution in [0.5, 0.6) is 11.5 Å². The first kappa shape index (κ1) is 18.5. The number of carbonyl (C=O) groups is 2. The highest BCUT2D eigenvalue weighted by Gasteiger charge is 2.11. The van der Waals surface area contributed by atoms with Gasteiger partial charge in [0.25, 0.3) is 0 Å². The van der Waals surface area contributed by atoms with Gasteiger partial charge in [0.2, 0.25) is 0 Å². The summed E-state index contributed by atoms with van der Waals surface area (Å²) in [5.41, 5.74) is 0.460. The molecule has 0 unspecified atom stereocenters. The van der Waals surface area contributed by atoms with Crippen molar-refractivity contribution >= 4 is 22.5 Å². The van der Waals surface area contributed by atoms with Crippen molar-refractivity contribution in [1.29, 1.82) is 0 Å². The Morgan fingerprint density at radius 1 is 0.778 bits per heavy atom. The van der Waals surface area contributed by atoms with Crippen LogP contribution in [0.3, 0.4) is 0 Å². The van der Waals surface area contributed by atoms with Crippen LogP contribution in [0.1, 0.15) is 17.3 Å². The minimum Gasteiger partial charge on any atom is -0.494 e. The number of hydrogen-bond acceptors (Lipinski definition) is 5. The largest absolute Gasteiger partial charge is 0.494 e. The van der Waals surface area contributed by atoms with Crippen LogP contribution in [-0.2, 0) is 9.53 Å². The third kappa shape index (κ3) is 5.07. The molecule has 0 aromatic heterocycles. The number of rotatable bonds is 8. The zero-order valence-electron chi connectivity index (χ0n) is 15.0. The first-order chi connectivity index (χ1) is 13.2. The van der Waals surface area contributed by atoms with Crippen LogP contribution in [0.25, 0.3) is 10.8 Å². The molecule has 0 radical (unpaired) electrons. The fraction of sp³-hybridized carbons (Fsp3) is 0.182. The van der Waals surface area contributed by atoms with E-state index in [0.717, 1.165) is 10.8 Å². The van der Waals surface area contributed by atoms with Crippen molar-refractivity contribution < 1.29 is 23.8 Å². The highest BCUT2D eigenvalue weighted by molar-refractivity contribution is 5.98. The fourth-order valence-electron chi connectivity index (χ4n) is 2.57. The molecule has 5 heteroatoms. The number of carbonyl (C=O) groups excluding carboxylic acids is 2. The second-order valence-corrected chi connectivity index (χ2v) is 5.84. The van der Waals surface area contributed by atoms with Crippen LogP contribution in [0.2, 0.25) is 0 Å². The first-order valence-electron chi connectivity index (χ1n) is 8.69. The molecule has 0 saturated carbocycles. The molecule has 3 aromatic rings. The Bertz CT molecular complexity index is 931. The quantitative estimate of drug-likeness (QED) is 0.446. The maximum Gasteiger partial charge on any atom is 0.344 e. The Kier molecular flexibility index (Phi) is 6.05. The zero-order chi connectivity index (χ0) is 19.1. The molecule has 138 valence electrons. The van der Waals surface area contributed by atoms with Gasteiger partial charge in [-0.05, 0) is 54.1 Å². The average Bonchev–Trinajstić information content (AvgIpc) is 2.71. The van der Waals surface area contributed by atoms with E-state index in [9.17, 15) is 9.59 Å². The molecule has 0 N–H and O–H groups in total. The molecule has 3 aromatic carbocycles. The smallest absolute Gasteiger partial charge is 0.344 e. The summed E-state index contributed by atoms with van der Waals surface area (Å²) in [5.74, 6) is 0.387. The number of esters is 1. The van der Waals surface area contributed by atoms with Crippen LogP contribution < -0.4 is 9.47 Å². The summed E-state index contributed by atoms with van der Waals surface area (Å²) >= 11 is 0. The lowest BCUT2D eigenvalue weighted by atomic mass is 10.1. The Hall–Kier alpha value is -3.34. The van der Waals surface area contributed by atoms with Gasteiger partial charge in [-0.25, -0.2) is 4.79 Å². The van der Waals surface area contributed by atoms with Gasteiger partial charge in [-0.2, -0.15) is 0 Å². The van der Waals surface area contributed by atoms with Crippen molar-refractivity contribution in [2.24, 2.45) is 0 Å². The highest BCUT2D eigenvalue weighted by Crippen LogP contribution is 2.20. The van der Waals surface area contributed by atoms with E-state index in [1.54, 1.807) is 30.3 Å². The van der Waals surface area contributed by atoms with E-state index >= 15 is 0 Å². The van der Waals surface area contributed by atoms with Crippen molar-refractivity contribution in [3.8, 4) is 11.5 Å². The van der Waals surface area contributed by atoms with Crippen LogP contribution in [0.4, 0.5) is 0 Å². The third-order valence-electron chi connectivity index (χ3n) is 3.93. The van der Waals surface area contributed by atoms with Crippen molar-refractivity contribution in [2.75, 3.05) is 19.8 Å². The monoisotopic (exact) mass is 364 g/mol. The van der Waals surface area contributed by atoms with Gasteiger partial charge in [0.05, 0.1) is 6.61 Å². The molecule has 0 spiro atoms. The van der Waals surface area contributed by atoms with Gasteiger partial charge in [-0.15, -0.1) is 0 Å². The van der Waals surface area contributed by atoms with Crippen LogP contribution in [0, 0.1) is 0 Å². The SMILES string of the molecule is CCOc1ccc(C(=O)COC(=O)COc2ccc3ccccc3c2)cc1. The predicted octanol–water partition coefficient (Wildman–Crippen LogP) is 4.04. The minimum atomic E-state index is -0.595. The molecule has 0 saturated heterocycles. The summed E-state index contributed by atoms with van der Waals surface area (Å²) in [4.78, 5) is 23.9. The van der Waals surface area contributed by atoms with Gasteiger partial charge >= 0.3 is 5.97 Å². The van der Waals surface area contributed by atoms with Crippen LogP contribution >= 0.6 is 0 Å². The van der Waals surface area contributed by atoms with E-state index in [1.165, 1.54) is 0 Å². The van der Waals surface area contributed by atoms with E-state index in [2.05, 4.69) is 0 Å². The van der Waals surface area contributed by atoms with Crippen LogP contribution in [-0.4, -0.2) is 31.6 Å². The maximum absolute atomic E-state index is 12.1. The van der Waals surface area contributed by atoms with Gasteiger partial charge in [0.1, 0.15) is 11.5 Å². The lowest BCUT2D eigenvalue weighted by Gasteiger charge is -2.08. The van der Waals surface area contributed by atoms with Crippen LogP contribution in [0.15, 0.2) is 66.7 Å². The number of fused-ring (bicyclic) bond motifs is 1. The molecule has 0 aliphatic heterocycles. The molecule has 0 amide bonds. The summed E-state index contributed by atoms with van der Waals surface area (Å²) in [5, 5.41) is 2.11. The Balaban J connectivity index is 1.47. The molecule has 0 atom stereocenters. The standard InChI is InChI=1S/C22H20O5/c1-2-25-19-10-8-17(9-11-19)21(23)14-27-22(24)15-26-20-12-7-16-5-3-4-6-18(16)13-20/h3-13H,2,14-15H2,1H3. The Morgan fingerprint density at radius 2 is 1.48 bits per heavy atom. The normalized spacial score (nSPS) is 10.4. The van der Waals surface area contributed by atoms with Crippen molar-refractivity contribution in [2.45, 2.75) is 6.92 Å². The fourth-order valence-corrected chi connectivity index (χ4v) is 2.57. The van der Waals surface area contributed by atoms with Gasteiger partial charge in [0, 0.05) is 5.56 Å². The predicted molar refractivity (Wildman–Crippen MR) is 102 cm³/mol. The molecule has 5 nitrogen and oxygen atoms in total. The molecule has 0 bridgehead atoms. The lowest BCUT2D eigenvalue weighted by molar-refractivity contribution is -0.144. The number of ether oxygens (including phenoxy) is 3. The topological polar surface area (TPSA) is 61.8 Å².